The number of anilines is 1. The van der Waals surface area contributed by atoms with Gasteiger partial charge in [0.25, 0.3) is 0 Å². The molecule has 0 saturated carbocycles. The van der Waals surface area contributed by atoms with Crippen LogP contribution in [0.15, 0.2) is 12.4 Å². The average Bonchev–Trinajstić information content (AvgIpc) is 2.78. The molecule has 0 amide bonds. The summed E-state index contributed by atoms with van der Waals surface area (Å²) in [7, 11) is -0.774. The third kappa shape index (κ3) is 2.31. The Kier molecular flexibility index (Phi) is 1.70. The molecule has 1 aromatic rings. The summed E-state index contributed by atoms with van der Waals surface area (Å²) in [6.07, 6.45) is -3.73. The molecular weight excluding hydrogens is 253 g/mol. The largest absolute Gasteiger partial charge is 0.498 e. The Hall–Kier alpha value is -1.14. The van der Waals surface area contributed by atoms with Crippen molar-refractivity contribution in [2.45, 2.75) is 51.6 Å². The molecule has 0 aliphatic carbocycles. The van der Waals surface area contributed by atoms with Gasteiger partial charge in [0.2, 0.25) is 5.95 Å². The van der Waals surface area contributed by atoms with Gasteiger partial charge in [-0.3, -0.25) is 0 Å². The van der Waals surface area contributed by atoms with E-state index in [0.717, 1.165) is 0 Å². The molecule has 5 nitrogen and oxygen atoms in total. The summed E-state index contributed by atoms with van der Waals surface area (Å²) in [5.41, 5.74) is -0.757. The molecule has 0 atom stereocenters. The highest BCUT2D eigenvalue weighted by molar-refractivity contribution is 6.61. The van der Waals surface area contributed by atoms with E-state index >= 15 is 0 Å². The van der Waals surface area contributed by atoms with Crippen molar-refractivity contribution in [3.63, 3.8) is 0 Å². The Labute approximate surface area is 132 Å². The third-order valence-electron chi connectivity index (χ3n) is 3.78. The summed E-state index contributed by atoms with van der Waals surface area (Å²) in [5.74, 6) is -0.472. The Morgan fingerprint density at radius 1 is 1.10 bits per heavy atom. The van der Waals surface area contributed by atoms with Gasteiger partial charge in [0.15, 0.2) is 0 Å². The lowest BCUT2D eigenvalue weighted by molar-refractivity contribution is 0.00578. The van der Waals surface area contributed by atoms with Crippen LogP contribution in [0.4, 0.5) is 5.95 Å². The minimum Gasteiger partial charge on any atom is -0.399 e. The highest BCUT2D eigenvalue weighted by Gasteiger charge is 2.51. The van der Waals surface area contributed by atoms with E-state index in [9.17, 15) is 0 Å². The molecule has 2 saturated heterocycles. The lowest BCUT2D eigenvalue weighted by Crippen LogP contribution is -2.41. The topological polar surface area (TPSA) is 47.5 Å². The summed E-state index contributed by atoms with van der Waals surface area (Å²) in [6, 6.07) is 0. The minimum atomic E-state index is -3.14. The van der Waals surface area contributed by atoms with Crippen LogP contribution >= 0.6 is 0 Å². The third-order valence-corrected chi connectivity index (χ3v) is 3.78. The van der Waals surface area contributed by atoms with Gasteiger partial charge in [-0.1, -0.05) is 0 Å². The molecule has 0 spiro atoms. The van der Waals surface area contributed by atoms with Gasteiger partial charge in [-0.15, -0.1) is 0 Å². The van der Waals surface area contributed by atoms with Crippen LogP contribution in [0, 0.1) is 0 Å². The van der Waals surface area contributed by atoms with Crippen LogP contribution in [0.3, 0.4) is 0 Å². The number of aromatic nitrogens is 2. The highest BCUT2D eigenvalue weighted by Crippen LogP contribution is 2.36. The minimum absolute atomic E-state index is 0.314. The normalized spacial score (nSPS) is 40.4. The first-order valence-corrected chi connectivity index (χ1v) is 6.38. The van der Waals surface area contributed by atoms with Gasteiger partial charge >= 0.3 is 7.12 Å². The molecule has 0 bridgehead atoms. The molecule has 2 aliphatic heterocycles. The van der Waals surface area contributed by atoms with Crippen LogP contribution in [0.1, 0.15) is 51.4 Å². The maximum Gasteiger partial charge on any atom is 0.498 e. The molecule has 20 heavy (non-hydrogen) atoms. The van der Waals surface area contributed by atoms with E-state index in [1.165, 1.54) is 12.4 Å². The molecule has 0 unspecified atom stereocenters. The van der Waals surface area contributed by atoms with E-state index in [1.54, 1.807) is 0 Å². The van der Waals surface area contributed by atoms with Crippen LogP contribution < -0.4 is 10.4 Å². The SMILES string of the molecule is [2H]C1([2H])N(c2ncc(B3OC(C)(C)C(C)(C)O3)cn2)C([2H])([2H])C([2H])([2H])C1([2H])[2H]. The molecule has 1 aromatic heterocycles. The summed E-state index contributed by atoms with van der Waals surface area (Å²) >= 11 is 0. The van der Waals surface area contributed by atoms with Gasteiger partial charge in [-0.05, 0) is 40.4 Å². The highest BCUT2D eigenvalue weighted by atomic mass is 16.7. The molecule has 0 aromatic carbocycles. The van der Waals surface area contributed by atoms with Crippen molar-refractivity contribution in [2.24, 2.45) is 0 Å². The lowest BCUT2D eigenvalue weighted by atomic mass is 9.81. The molecule has 2 aliphatic rings. The predicted molar refractivity (Wildman–Crippen MR) is 79.2 cm³/mol. The Morgan fingerprint density at radius 2 is 1.60 bits per heavy atom. The van der Waals surface area contributed by atoms with E-state index in [0.29, 0.717) is 10.4 Å². The van der Waals surface area contributed by atoms with E-state index in [-0.39, 0.29) is 0 Å². The Balaban J connectivity index is 1.96. The van der Waals surface area contributed by atoms with Crippen LogP contribution in [0.2, 0.25) is 0 Å². The smallest absolute Gasteiger partial charge is 0.399 e. The van der Waals surface area contributed by atoms with Crippen molar-refractivity contribution in [3.8, 4) is 0 Å². The number of hydrogen-bond donors (Lipinski definition) is 0. The molecule has 0 radical (unpaired) electrons. The summed E-state index contributed by atoms with van der Waals surface area (Å²) in [4.78, 5) is 8.24. The second kappa shape index (κ2) is 4.70. The number of nitrogens with zero attached hydrogens (tertiary/aromatic N) is 3. The van der Waals surface area contributed by atoms with Gasteiger partial charge in [0, 0.05) is 41.8 Å². The molecular formula is C14H22BN3O2. The first-order valence-electron chi connectivity index (χ1n) is 10.4. The monoisotopic (exact) mass is 283 g/mol. The second-order valence-electron chi connectivity index (χ2n) is 5.71. The Bertz CT molecular complexity index is 745. The van der Waals surface area contributed by atoms with E-state index in [4.69, 9.17) is 20.3 Å². The van der Waals surface area contributed by atoms with Crippen molar-refractivity contribution in [1.82, 2.24) is 9.97 Å². The fourth-order valence-corrected chi connectivity index (χ4v) is 1.84. The lowest BCUT2D eigenvalue weighted by Gasteiger charge is -2.32. The molecule has 6 heteroatoms. The second-order valence-corrected chi connectivity index (χ2v) is 5.71. The quantitative estimate of drug-likeness (QED) is 0.767. The summed E-state index contributed by atoms with van der Waals surface area (Å²) in [6.45, 7) is 1.45. The first kappa shape index (κ1) is 7.23. The maximum atomic E-state index is 8.03. The molecule has 108 valence electrons. The fraction of sp³-hybridized carbons (Fsp3) is 0.714. The summed E-state index contributed by atoms with van der Waals surface area (Å²) < 4.78 is 75.2. The van der Waals surface area contributed by atoms with Crippen molar-refractivity contribution >= 4 is 18.5 Å². The summed E-state index contributed by atoms with van der Waals surface area (Å²) in [5, 5.41) is 0. The zero-order valence-corrected chi connectivity index (χ0v) is 11.9. The first-order chi connectivity index (χ1) is 12.4. The van der Waals surface area contributed by atoms with E-state index < -0.39 is 50.0 Å². The molecule has 0 N–H and O–H groups in total. The fourth-order valence-electron chi connectivity index (χ4n) is 1.84. The number of rotatable bonds is 2. The zero-order chi connectivity index (χ0) is 21.6. The van der Waals surface area contributed by atoms with Crippen molar-refractivity contribution in [3.05, 3.63) is 12.4 Å². The Morgan fingerprint density at radius 3 is 2.10 bits per heavy atom. The van der Waals surface area contributed by atoms with Crippen LogP contribution in [0.5, 0.6) is 0 Å². The average molecular weight is 283 g/mol. The van der Waals surface area contributed by atoms with Gasteiger partial charge in [-0.2, -0.15) is 0 Å². The predicted octanol–water partition coefficient (Wildman–Crippen LogP) is 1.38. The van der Waals surface area contributed by atoms with E-state index in [2.05, 4.69) is 9.97 Å². The van der Waals surface area contributed by atoms with Gasteiger partial charge in [-0.25, -0.2) is 9.97 Å². The molecule has 3 rings (SSSR count). The van der Waals surface area contributed by atoms with Crippen molar-refractivity contribution in [2.75, 3.05) is 17.9 Å². The van der Waals surface area contributed by atoms with Crippen LogP contribution in [-0.4, -0.2) is 41.3 Å². The van der Waals surface area contributed by atoms with Crippen molar-refractivity contribution < 1.29 is 20.3 Å². The van der Waals surface area contributed by atoms with E-state index in [1.807, 2.05) is 27.7 Å². The maximum absolute atomic E-state index is 8.03. The zero-order valence-electron chi connectivity index (χ0n) is 19.9. The molecule has 2 fully saturated rings. The standard InChI is InChI=1S/C14H22BN3O2/c1-13(2)14(3,4)20-15(19-13)11-9-16-12(17-10-11)18-7-5-6-8-18/h9-10H,5-8H2,1-4H3/i5D2,6D2,7D2,8D2. The molecule has 3 heterocycles. The van der Waals surface area contributed by atoms with Crippen LogP contribution in [0.25, 0.3) is 0 Å². The van der Waals surface area contributed by atoms with Gasteiger partial charge < -0.3 is 14.2 Å². The van der Waals surface area contributed by atoms with Gasteiger partial charge in [0.1, 0.15) is 0 Å². The van der Waals surface area contributed by atoms with Crippen LogP contribution in [-0.2, 0) is 9.31 Å². The van der Waals surface area contributed by atoms with Crippen molar-refractivity contribution in [1.29, 1.82) is 0 Å². The van der Waals surface area contributed by atoms with Gasteiger partial charge in [0.05, 0.1) is 11.2 Å². The number of hydrogen-bond acceptors (Lipinski definition) is 5.